The topological polar surface area (TPSA) is 65.3 Å². The molecule has 4 nitrogen and oxygen atoms in total. The van der Waals surface area contributed by atoms with Crippen LogP contribution in [0.3, 0.4) is 0 Å². The Morgan fingerprint density at radius 3 is 2.53 bits per heavy atom. The SMILES string of the molecule is CCC(CC)(CO)NCc1ccc(C#N)c(OC)c1. The number of nitriles is 1. The van der Waals surface area contributed by atoms with Gasteiger partial charge in [0, 0.05) is 12.1 Å². The van der Waals surface area contributed by atoms with Crippen molar-refractivity contribution >= 4 is 0 Å². The summed E-state index contributed by atoms with van der Waals surface area (Å²) in [5.74, 6) is 0.587. The molecule has 19 heavy (non-hydrogen) atoms. The second kappa shape index (κ2) is 7.13. The maximum Gasteiger partial charge on any atom is 0.136 e. The predicted molar refractivity (Wildman–Crippen MR) is 74.9 cm³/mol. The molecule has 1 aromatic rings. The van der Waals surface area contributed by atoms with Crippen LogP contribution in [0.2, 0.25) is 0 Å². The number of rotatable bonds is 7. The lowest BCUT2D eigenvalue weighted by Gasteiger charge is -2.31. The summed E-state index contributed by atoms with van der Waals surface area (Å²) in [6.07, 6.45) is 1.74. The second-order valence-electron chi connectivity index (χ2n) is 4.65. The molecule has 4 heteroatoms. The molecular formula is C15H22N2O2. The summed E-state index contributed by atoms with van der Waals surface area (Å²) in [5.41, 5.74) is 1.34. The van der Waals surface area contributed by atoms with Crippen LogP contribution in [0.4, 0.5) is 0 Å². The summed E-state index contributed by atoms with van der Waals surface area (Å²) in [6.45, 7) is 4.88. The highest BCUT2D eigenvalue weighted by Gasteiger charge is 2.24. The number of methoxy groups -OCH3 is 1. The van der Waals surface area contributed by atoms with Crippen molar-refractivity contribution < 1.29 is 9.84 Å². The highest BCUT2D eigenvalue weighted by atomic mass is 16.5. The van der Waals surface area contributed by atoms with Crippen LogP contribution < -0.4 is 10.1 Å². The van der Waals surface area contributed by atoms with E-state index in [0.717, 1.165) is 18.4 Å². The van der Waals surface area contributed by atoms with Crippen molar-refractivity contribution in [1.29, 1.82) is 5.26 Å². The van der Waals surface area contributed by atoms with Crippen LogP contribution in [0, 0.1) is 11.3 Å². The molecule has 0 spiro atoms. The van der Waals surface area contributed by atoms with E-state index in [0.29, 0.717) is 17.9 Å². The monoisotopic (exact) mass is 262 g/mol. The normalized spacial score (nSPS) is 11.1. The zero-order valence-electron chi connectivity index (χ0n) is 11.9. The first-order valence-electron chi connectivity index (χ1n) is 6.57. The van der Waals surface area contributed by atoms with Gasteiger partial charge in [0.05, 0.1) is 19.3 Å². The summed E-state index contributed by atoms with van der Waals surface area (Å²) < 4.78 is 5.19. The Bertz CT molecular complexity index is 440. The fourth-order valence-corrected chi connectivity index (χ4v) is 2.01. The average molecular weight is 262 g/mol. The van der Waals surface area contributed by atoms with Gasteiger partial charge in [0.25, 0.3) is 0 Å². The van der Waals surface area contributed by atoms with Gasteiger partial charge in [-0.25, -0.2) is 0 Å². The lowest BCUT2D eigenvalue weighted by Crippen LogP contribution is -2.47. The van der Waals surface area contributed by atoms with Crippen LogP contribution >= 0.6 is 0 Å². The fraction of sp³-hybridized carbons (Fsp3) is 0.533. The standard InChI is InChI=1S/C15H22N2O2/c1-4-15(5-2,11-18)17-10-12-6-7-13(9-16)14(8-12)19-3/h6-8,17-18H,4-5,10-11H2,1-3H3. The van der Waals surface area contributed by atoms with Crippen molar-refractivity contribution in [3.8, 4) is 11.8 Å². The third kappa shape index (κ3) is 3.69. The number of nitrogens with one attached hydrogen (secondary N) is 1. The molecule has 0 saturated heterocycles. The number of aliphatic hydroxyl groups excluding tert-OH is 1. The van der Waals surface area contributed by atoms with Crippen molar-refractivity contribution in [1.82, 2.24) is 5.32 Å². The molecule has 0 amide bonds. The Hall–Kier alpha value is -1.57. The van der Waals surface area contributed by atoms with Crippen molar-refractivity contribution in [3.63, 3.8) is 0 Å². The summed E-state index contributed by atoms with van der Waals surface area (Å²) >= 11 is 0. The van der Waals surface area contributed by atoms with Crippen LogP contribution in [0.25, 0.3) is 0 Å². The molecule has 0 fully saturated rings. The summed E-state index contributed by atoms with van der Waals surface area (Å²) in [5, 5.41) is 21.8. The minimum atomic E-state index is -0.235. The van der Waals surface area contributed by atoms with E-state index in [1.807, 2.05) is 12.1 Å². The zero-order valence-corrected chi connectivity index (χ0v) is 11.9. The molecule has 0 bridgehead atoms. The molecule has 0 aliphatic rings. The summed E-state index contributed by atoms with van der Waals surface area (Å²) in [4.78, 5) is 0. The number of nitrogens with zero attached hydrogens (tertiary/aromatic N) is 1. The highest BCUT2D eigenvalue weighted by molar-refractivity contribution is 5.45. The van der Waals surface area contributed by atoms with Crippen LogP contribution in [-0.2, 0) is 6.54 Å². The van der Waals surface area contributed by atoms with Gasteiger partial charge < -0.3 is 15.2 Å². The molecule has 0 unspecified atom stereocenters. The second-order valence-corrected chi connectivity index (χ2v) is 4.65. The first-order chi connectivity index (χ1) is 9.14. The molecule has 1 aromatic carbocycles. The molecule has 0 aliphatic heterocycles. The maximum absolute atomic E-state index is 9.51. The van der Waals surface area contributed by atoms with Gasteiger partial charge in [-0.2, -0.15) is 5.26 Å². The highest BCUT2D eigenvalue weighted by Crippen LogP contribution is 2.20. The van der Waals surface area contributed by atoms with Crippen molar-refractivity contribution in [2.75, 3.05) is 13.7 Å². The van der Waals surface area contributed by atoms with Gasteiger partial charge in [0.1, 0.15) is 11.8 Å². The van der Waals surface area contributed by atoms with Crippen LogP contribution in [0.1, 0.15) is 37.8 Å². The smallest absolute Gasteiger partial charge is 0.136 e. The van der Waals surface area contributed by atoms with E-state index in [-0.39, 0.29) is 12.1 Å². The molecule has 0 aliphatic carbocycles. The number of aliphatic hydroxyl groups is 1. The fourth-order valence-electron chi connectivity index (χ4n) is 2.01. The molecule has 0 heterocycles. The Morgan fingerprint density at radius 1 is 1.37 bits per heavy atom. The summed E-state index contributed by atoms with van der Waals surface area (Å²) in [7, 11) is 1.56. The number of hydrogen-bond acceptors (Lipinski definition) is 4. The minimum absolute atomic E-state index is 0.118. The molecule has 0 aromatic heterocycles. The van der Waals surface area contributed by atoms with Crippen molar-refractivity contribution in [3.05, 3.63) is 29.3 Å². The Kier molecular flexibility index (Phi) is 5.81. The first-order valence-corrected chi connectivity index (χ1v) is 6.57. The minimum Gasteiger partial charge on any atom is -0.495 e. The lowest BCUT2D eigenvalue weighted by molar-refractivity contribution is 0.149. The summed E-state index contributed by atoms with van der Waals surface area (Å²) in [6, 6.07) is 7.62. The Balaban J connectivity index is 2.81. The molecule has 0 atom stereocenters. The van der Waals surface area contributed by atoms with E-state index in [1.165, 1.54) is 0 Å². The quantitative estimate of drug-likeness (QED) is 0.790. The molecule has 104 valence electrons. The molecule has 0 radical (unpaired) electrons. The lowest BCUT2D eigenvalue weighted by atomic mass is 9.93. The van der Waals surface area contributed by atoms with Crippen LogP contribution in [0.5, 0.6) is 5.75 Å². The third-order valence-corrected chi connectivity index (χ3v) is 3.71. The van der Waals surface area contributed by atoms with Gasteiger partial charge in [-0.1, -0.05) is 19.9 Å². The average Bonchev–Trinajstić information content (AvgIpc) is 2.49. The van der Waals surface area contributed by atoms with E-state index in [4.69, 9.17) is 10.00 Å². The van der Waals surface area contributed by atoms with Gasteiger partial charge in [0.2, 0.25) is 0 Å². The zero-order chi connectivity index (χ0) is 14.3. The molecule has 0 saturated carbocycles. The van der Waals surface area contributed by atoms with Gasteiger partial charge in [-0.05, 0) is 30.5 Å². The number of ether oxygens (including phenoxy) is 1. The Morgan fingerprint density at radius 2 is 2.05 bits per heavy atom. The Labute approximate surface area is 115 Å². The van der Waals surface area contributed by atoms with Crippen LogP contribution in [0.15, 0.2) is 18.2 Å². The van der Waals surface area contributed by atoms with E-state index in [2.05, 4.69) is 25.2 Å². The predicted octanol–water partition coefficient (Wildman–Crippen LogP) is 2.21. The molecule has 1 rings (SSSR count). The molecule has 2 N–H and O–H groups in total. The number of hydrogen-bond donors (Lipinski definition) is 2. The van der Waals surface area contributed by atoms with E-state index in [9.17, 15) is 5.11 Å². The van der Waals surface area contributed by atoms with Gasteiger partial charge in [-0.15, -0.1) is 0 Å². The van der Waals surface area contributed by atoms with Crippen molar-refractivity contribution in [2.24, 2.45) is 0 Å². The van der Waals surface area contributed by atoms with E-state index >= 15 is 0 Å². The van der Waals surface area contributed by atoms with Crippen molar-refractivity contribution in [2.45, 2.75) is 38.8 Å². The molecular weight excluding hydrogens is 240 g/mol. The maximum atomic E-state index is 9.51. The van der Waals surface area contributed by atoms with Gasteiger partial charge in [-0.3, -0.25) is 0 Å². The van der Waals surface area contributed by atoms with Gasteiger partial charge in [0.15, 0.2) is 0 Å². The third-order valence-electron chi connectivity index (χ3n) is 3.71. The van der Waals surface area contributed by atoms with E-state index < -0.39 is 0 Å². The van der Waals surface area contributed by atoms with Gasteiger partial charge >= 0.3 is 0 Å². The first kappa shape index (κ1) is 15.5. The largest absolute Gasteiger partial charge is 0.495 e. The van der Waals surface area contributed by atoms with Crippen LogP contribution in [-0.4, -0.2) is 24.4 Å². The number of benzene rings is 1. The van der Waals surface area contributed by atoms with E-state index in [1.54, 1.807) is 13.2 Å².